The molecule has 0 atom stereocenters. The summed E-state index contributed by atoms with van der Waals surface area (Å²) in [6.07, 6.45) is 0. The highest BCUT2D eigenvalue weighted by Gasteiger charge is 2.42. The highest BCUT2D eigenvalue weighted by molar-refractivity contribution is 6.17. The zero-order valence-corrected chi connectivity index (χ0v) is 9.97. The molecule has 1 aliphatic rings. The average Bonchev–Trinajstić information content (AvgIpc) is 2.62. The normalized spacial score (nSPS) is 18.4. The quantitative estimate of drug-likeness (QED) is 0.733. The first-order valence-corrected chi connectivity index (χ1v) is 5.73. The molecule has 4 nitrogen and oxygen atoms in total. The molecular weight excluding hydrogens is 218 g/mol. The minimum Gasteiger partial charge on any atom is -0.541 e. The Balaban J connectivity index is 2.44. The van der Waals surface area contributed by atoms with Crippen molar-refractivity contribution in [2.75, 3.05) is 13.1 Å². The third kappa shape index (κ3) is 1.70. The van der Waals surface area contributed by atoms with E-state index in [1.165, 1.54) is 0 Å². The summed E-state index contributed by atoms with van der Waals surface area (Å²) in [5.74, 6) is -0.767. The second kappa shape index (κ2) is 4.22. The van der Waals surface area contributed by atoms with Crippen LogP contribution in [-0.4, -0.2) is 23.6 Å². The van der Waals surface area contributed by atoms with Crippen LogP contribution in [0.4, 0.5) is 0 Å². The van der Waals surface area contributed by atoms with Crippen LogP contribution in [0.15, 0.2) is 36.3 Å². The third-order valence-corrected chi connectivity index (χ3v) is 3.13. The summed E-state index contributed by atoms with van der Waals surface area (Å²) in [6, 6.07) is 8.94. The number of hydroxylamine groups is 3. The van der Waals surface area contributed by atoms with E-state index >= 15 is 0 Å². The van der Waals surface area contributed by atoms with Crippen LogP contribution in [0.1, 0.15) is 19.4 Å². The van der Waals surface area contributed by atoms with Gasteiger partial charge in [0.25, 0.3) is 0 Å². The van der Waals surface area contributed by atoms with Crippen LogP contribution in [0.2, 0.25) is 0 Å². The molecule has 0 N–H and O–H groups in total. The number of amides is 1. The van der Waals surface area contributed by atoms with Gasteiger partial charge in [0.15, 0.2) is 0 Å². The molecule has 0 aliphatic carbocycles. The second-order valence-electron chi connectivity index (χ2n) is 3.95. The van der Waals surface area contributed by atoms with Crippen LogP contribution >= 0.6 is 0 Å². The monoisotopic (exact) mass is 233 g/mol. The largest absolute Gasteiger partial charge is 0.541 e. The average molecular weight is 233 g/mol. The summed E-state index contributed by atoms with van der Waals surface area (Å²) >= 11 is 0. The maximum absolute atomic E-state index is 12.3. The van der Waals surface area contributed by atoms with E-state index in [0.29, 0.717) is 18.7 Å². The zero-order valence-electron chi connectivity index (χ0n) is 9.97. The Morgan fingerprint density at radius 1 is 1.18 bits per heavy atom. The lowest BCUT2D eigenvalue weighted by atomic mass is 10.1. The second-order valence-corrected chi connectivity index (χ2v) is 3.95. The topological polar surface area (TPSA) is 49.4 Å². The third-order valence-electron chi connectivity index (χ3n) is 3.13. The van der Waals surface area contributed by atoms with E-state index in [9.17, 15) is 9.90 Å². The SMILES string of the molecule is CC[N+]1(CC)OC([O-])=C(c2ccccc2)C1=O. The molecule has 0 fully saturated rings. The van der Waals surface area contributed by atoms with Crippen molar-refractivity contribution >= 4 is 11.5 Å². The van der Waals surface area contributed by atoms with E-state index in [4.69, 9.17) is 4.84 Å². The molecule has 0 bridgehead atoms. The summed E-state index contributed by atoms with van der Waals surface area (Å²) < 4.78 is -0.233. The molecule has 0 saturated heterocycles. The molecule has 1 aromatic carbocycles. The van der Waals surface area contributed by atoms with Gasteiger partial charge >= 0.3 is 5.91 Å². The highest BCUT2D eigenvalue weighted by Crippen LogP contribution is 2.31. The number of quaternary nitrogens is 1. The van der Waals surface area contributed by atoms with Gasteiger partial charge in [0.2, 0.25) is 0 Å². The van der Waals surface area contributed by atoms with Crippen LogP contribution in [0, 0.1) is 0 Å². The van der Waals surface area contributed by atoms with Crippen LogP contribution in [-0.2, 0) is 9.63 Å². The molecule has 0 saturated carbocycles. The number of benzene rings is 1. The van der Waals surface area contributed by atoms with Crippen molar-refractivity contribution in [2.45, 2.75) is 13.8 Å². The summed E-state index contributed by atoms with van der Waals surface area (Å²) in [5.41, 5.74) is 0.790. The molecule has 1 aromatic rings. The Kier molecular flexibility index (Phi) is 2.90. The van der Waals surface area contributed by atoms with E-state index in [1.54, 1.807) is 24.3 Å². The van der Waals surface area contributed by atoms with Crippen molar-refractivity contribution in [3.05, 3.63) is 41.8 Å². The van der Waals surface area contributed by atoms with Crippen molar-refractivity contribution in [3.63, 3.8) is 0 Å². The van der Waals surface area contributed by atoms with Crippen molar-refractivity contribution in [2.24, 2.45) is 0 Å². The van der Waals surface area contributed by atoms with E-state index in [0.717, 1.165) is 0 Å². The first kappa shape index (κ1) is 11.7. The number of nitrogens with zero attached hydrogens (tertiary/aromatic N) is 1. The number of carbonyl (C=O) groups is 1. The maximum Gasteiger partial charge on any atom is 0.373 e. The first-order valence-electron chi connectivity index (χ1n) is 5.73. The van der Waals surface area contributed by atoms with E-state index in [-0.39, 0.29) is 16.1 Å². The fourth-order valence-corrected chi connectivity index (χ4v) is 2.02. The van der Waals surface area contributed by atoms with Gasteiger partial charge in [-0.3, -0.25) is 0 Å². The molecule has 0 aromatic heterocycles. The minimum atomic E-state index is -0.523. The lowest BCUT2D eigenvalue weighted by molar-refractivity contribution is -1.03. The molecule has 17 heavy (non-hydrogen) atoms. The predicted molar refractivity (Wildman–Crippen MR) is 60.8 cm³/mol. The molecule has 0 radical (unpaired) electrons. The van der Waals surface area contributed by atoms with Gasteiger partial charge in [0, 0.05) is 0 Å². The van der Waals surface area contributed by atoms with Crippen LogP contribution in [0.3, 0.4) is 0 Å². The Morgan fingerprint density at radius 2 is 1.76 bits per heavy atom. The first-order chi connectivity index (χ1) is 8.14. The van der Waals surface area contributed by atoms with E-state index in [2.05, 4.69) is 0 Å². The Bertz CT molecular complexity index is 461. The van der Waals surface area contributed by atoms with Gasteiger partial charge < -0.3 is 9.94 Å². The van der Waals surface area contributed by atoms with Gasteiger partial charge in [-0.1, -0.05) is 30.3 Å². The maximum atomic E-state index is 12.3. The number of hydrogen-bond donors (Lipinski definition) is 0. The summed E-state index contributed by atoms with van der Waals surface area (Å²) in [5, 5.41) is 11.8. The smallest absolute Gasteiger partial charge is 0.373 e. The van der Waals surface area contributed by atoms with Gasteiger partial charge in [-0.25, -0.2) is 4.79 Å². The predicted octanol–water partition coefficient (Wildman–Crippen LogP) is 1.04. The van der Waals surface area contributed by atoms with Gasteiger partial charge in [0.1, 0.15) is 24.6 Å². The Hall–Kier alpha value is -1.81. The molecule has 0 spiro atoms. The van der Waals surface area contributed by atoms with Crippen molar-refractivity contribution in [1.82, 2.24) is 0 Å². The Morgan fingerprint density at radius 3 is 2.24 bits per heavy atom. The Labute approximate surface area is 100 Å². The fraction of sp³-hybridized carbons (Fsp3) is 0.308. The highest BCUT2D eigenvalue weighted by atomic mass is 16.8. The molecule has 90 valence electrons. The summed E-state index contributed by atoms with van der Waals surface area (Å²) in [4.78, 5) is 17.5. The lowest BCUT2D eigenvalue weighted by Gasteiger charge is -2.32. The van der Waals surface area contributed by atoms with Crippen molar-refractivity contribution in [1.29, 1.82) is 0 Å². The lowest BCUT2D eigenvalue weighted by Crippen LogP contribution is -2.49. The number of likely N-dealkylation sites (N-methyl/N-ethyl adjacent to an activating group) is 1. The van der Waals surface area contributed by atoms with Crippen molar-refractivity contribution < 1.29 is 19.4 Å². The number of rotatable bonds is 3. The minimum absolute atomic E-state index is 0.161. The number of hydrogen-bond acceptors (Lipinski definition) is 3. The molecule has 1 amide bonds. The summed E-state index contributed by atoms with van der Waals surface area (Å²) in [7, 11) is 0. The van der Waals surface area contributed by atoms with E-state index in [1.807, 2.05) is 19.9 Å². The van der Waals surface area contributed by atoms with Crippen LogP contribution in [0.25, 0.3) is 5.57 Å². The van der Waals surface area contributed by atoms with E-state index < -0.39 is 5.95 Å². The fourth-order valence-electron chi connectivity index (χ4n) is 2.02. The van der Waals surface area contributed by atoms with Crippen molar-refractivity contribution in [3.8, 4) is 0 Å². The van der Waals surface area contributed by atoms with Gasteiger partial charge in [-0.2, -0.15) is 4.65 Å². The molecule has 4 heteroatoms. The van der Waals surface area contributed by atoms with Gasteiger partial charge in [0.05, 0.1) is 0 Å². The van der Waals surface area contributed by atoms with Gasteiger partial charge in [-0.05, 0) is 19.4 Å². The molecule has 1 aliphatic heterocycles. The molecular formula is C13H15NO3. The molecule has 0 unspecified atom stereocenters. The number of carbonyl (C=O) groups excluding carboxylic acids is 1. The molecule has 1 heterocycles. The standard InChI is InChI=1S/C13H15NO3/c1-3-14(4-2)12(15)11(13(16)17-14)10-8-6-5-7-9-10/h5-9H,3-4H2,1-2H3. The van der Waals surface area contributed by atoms with Gasteiger partial charge in [-0.15, -0.1) is 0 Å². The summed E-state index contributed by atoms with van der Waals surface area (Å²) in [6.45, 7) is 4.58. The van der Waals surface area contributed by atoms with Crippen LogP contribution < -0.4 is 5.11 Å². The molecule has 2 rings (SSSR count). The van der Waals surface area contributed by atoms with Crippen LogP contribution in [0.5, 0.6) is 0 Å². The zero-order chi connectivity index (χ0) is 12.5.